The molecule has 0 radical (unpaired) electrons. The van der Waals surface area contributed by atoms with E-state index in [1.807, 2.05) is 0 Å². The molecule has 0 fully saturated rings. The summed E-state index contributed by atoms with van der Waals surface area (Å²) in [5, 5.41) is 11.1. The first-order valence-electron chi connectivity index (χ1n) is 6.33. The molecule has 5 nitrogen and oxygen atoms in total. The fourth-order valence-corrected chi connectivity index (χ4v) is 1.44. The van der Waals surface area contributed by atoms with E-state index in [1.165, 1.54) is 17.0 Å². The predicted molar refractivity (Wildman–Crippen MR) is 76.0 cm³/mol. The van der Waals surface area contributed by atoms with Crippen LogP contribution in [0.2, 0.25) is 0 Å². The smallest absolute Gasteiger partial charge is 0.253 e. The van der Waals surface area contributed by atoms with Gasteiger partial charge in [-0.3, -0.25) is 9.59 Å². The number of aliphatic hydroxyl groups excluding tert-OH is 1. The van der Waals surface area contributed by atoms with Crippen LogP contribution in [0, 0.1) is 17.7 Å². The number of benzene rings is 1. The molecular weight excluding hydrogens is 275 g/mol. The number of hydrogen-bond acceptors (Lipinski definition) is 3. The molecule has 0 spiro atoms. The Balaban J connectivity index is 2.90. The normalized spacial score (nSPS) is 9.52. The molecule has 1 aromatic carbocycles. The highest BCUT2D eigenvalue weighted by atomic mass is 19.1. The van der Waals surface area contributed by atoms with Gasteiger partial charge in [0, 0.05) is 26.1 Å². The van der Waals surface area contributed by atoms with Crippen molar-refractivity contribution in [2.24, 2.45) is 0 Å². The summed E-state index contributed by atoms with van der Waals surface area (Å²) in [4.78, 5) is 24.8. The molecule has 2 amide bonds. The first-order chi connectivity index (χ1) is 9.95. The van der Waals surface area contributed by atoms with Crippen LogP contribution in [-0.2, 0) is 4.79 Å². The van der Waals surface area contributed by atoms with Gasteiger partial charge < -0.3 is 15.3 Å². The highest BCUT2D eigenvalue weighted by molar-refractivity contribution is 5.98. The molecule has 112 valence electrons. The molecule has 21 heavy (non-hydrogen) atoms. The first-order valence-corrected chi connectivity index (χ1v) is 6.33. The van der Waals surface area contributed by atoms with E-state index in [4.69, 9.17) is 5.11 Å². The fourth-order valence-electron chi connectivity index (χ4n) is 1.44. The number of carbonyl (C=O) groups excluding carboxylic acids is 2. The number of nitrogens with one attached hydrogen (secondary N) is 1. The van der Waals surface area contributed by atoms with Crippen molar-refractivity contribution in [3.8, 4) is 11.8 Å². The average molecular weight is 292 g/mol. The van der Waals surface area contributed by atoms with E-state index in [2.05, 4.69) is 17.2 Å². The first kappa shape index (κ1) is 16.7. The van der Waals surface area contributed by atoms with Gasteiger partial charge in [-0.25, -0.2) is 4.39 Å². The lowest BCUT2D eigenvalue weighted by Gasteiger charge is -2.11. The lowest BCUT2D eigenvalue weighted by atomic mass is 10.1. The monoisotopic (exact) mass is 292 g/mol. The maximum absolute atomic E-state index is 13.3. The van der Waals surface area contributed by atoms with Crippen LogP contribution in [0.15, 0.2) is 18.2 Å². The zero-order valence-corrected chi connectivity index (χ0v) is 11.9. The van der Waals surface area contributed by atoms with Crippen molar-refractivity contribution in [3.05, 3.63) is 35.1 Å². The molecule has 0 saturated carbocycles. The molecule has 0 bridgehead atoms. The Bertz CT molecular complexity index is 588. The molecule has 1 rings (SSSR count). The number of halogens is 1. The van der Waals surface area contributed by atoms with Crippen molar-refractivity contribution in [1.29, 1.82) is 0 Å². The van der Waals surface area contributed by atoms with Gasteiger partial charge in [-0.15, -0.1) is 0 Å². The van der Waals surface area contributed by atoms with Crippen molar-refractivity contribution < 1.29 is 19.1 Å². The summed E-state index contributed by atoms with van der Waals surface area (Å²) in [6.45, 7) is -0.265. The molecular formula is C15H17FN2O3. The Morgan fingerprint density at radius 3 is 2.71 bits per heavy atom. The lowest BCUT2D eigenvalue weighted by Crippen LogP contribution is -2.36. The van der Waals surface area contributed by atoms with Crippen LogP contribution in [0.3, 0.4) is 0 Å². The quantitative estimate of drug-likeness (QED) is 0.788. The van der Waals surface area contributed by atoms with Gasteiger partial charge in [0.05, 0.1) is 18.7 Å². The van der Waals surface area contributed by atoms with Gasteiger partial charge in [-0.1, -0.05) is 11.8 Å². The second-order valence-electron chi connectivity index (χ2n) is 4.44. The van der Waals surface area contributed by atoms with Crippen LogP contribution in [0.4, 0.5) is 4.39 Å². The Morgan fingerprint density at radius 1 is 1.38 bits per heavy atom. The molecule has 0 atom stereocenters. The maximum Gasteiger partial charge on any atom is 0.253 e. The van der Waals surface area contributed by atoms with Gasteiger partial charge in [0.1, 0.15) is 5.82 Å². The van der Waals surface area contributed by atoms with E-state index in [0.29, 0.717) is 5.56 Å². The highest BCUT2D eigenvalue weighted by Gasteiger charge is 2.13. The summed E-state index contributed by atoms with van der Waals surface area (Å²) in [6, 6.07) is 3.66. The number of hydrogen-bond donors (Lipinski definition) is 2. The van der Waals surface area contributed by atoms with Gasteiger partial charge >= 0.3 is 0 Å². The summed E-state index contributed by atoms with van der Waals surface area (Å²) in [7, 11) is 3.14. The zero-order valence-electron chi connectivity index (χ0n) is 11.9. The summed E-state index contributed by atoms with van der Waals surface area (Å²) in [5.74, 6) is 3.97. The van der Waals surface area contributed by atoms with Crippen molar-refractivity contribution in [2.45, 2.75) is 6.42 Å². The van der Waals surface area contributed by atoms with Crippen molar-refractivity contribution >= 4 is 11.8 Å². The average Bonchev–Trinajstić information content (AvgIpc) is 2.45. The fraction of sp³-hybridized carbons (Fsp3) is 0.333. The molecule has 0 aliphatic carbocycles. The molecule has 0 aliphatic rings. The predicted octanol–water partition coefficient (Wildman–Crippen LogP) is 0.378. The summed E-state index contributed by atoms with van der Waals surface area (Å²) < 4.78 is 13.3. The SMILES string of the molecule is CN(C)C(=O)CNC(=O)c1cc(F)ccc1C#CCCO. The third-order valence-electron chi connectivity index (χ3n) is 2.59. The van der Waals surface area contributed by atoms with Gasteiger partial charge in [0.15, 0.2) is 0 Å². The summed E-state index contributed by atoms with van der Waals surface area (Å²) >= 11 is 0. The summed E-state index contributed by atoms with van der Waals surface area (Å²) in [6.07, 6.45) is 0.261. The van der Waals surface area contributed by atoms with E-state index in [1.54, 1.807) is 14.1 Å². The number of aliphatic hydroxyl groups is 1. The number of rotatable bonds is 4. The van der Waals surface area contributed by atoms with E-state index < -0.39 is 11.7 Å². The number of carbonyl (C=O) groups is 2. The van der Waals surface area contributed by atoms with Gasteiger partial charge in [0.25, 0.3) is 5.91 Å². The van der Waals surface area contributed by atoms with E-state index in [-0.39, 0.29) is 31.0 Å². The van der Waals surface area contributed by atoms with Crippen molar-refractivity contribution in [2.75, 3.05) is 27.2 Å². The second kappa shape index (κ2) is 8.02. The van der Waals surface area contributed by atoms with Crippen LogP contribution in [-0.4, -0.2) is 49.1 Å². The van der Waals surface area contributed by atoms with Crippen LogP contribution in [0.25, 0.3) is 0 Å². The molecule has 0 unspecified atom stereocenters. The zero-order chi connectivity index (χ0) is 15.8. The van der Waals surface area contributed by atoms with Gasteiger partial charge in [-0.2, -0.15) is 0 Å². The molecule has 0 aromatic heterocycles. The Kier molecular flexibility index (Phi) is 6.37. The summed E-state index contributed by atoms with van der Waals surface area (Å²) in [5.41, 5.74) is 0.409. The third-order valence-corrected chi connectivity index (χ3v) is 2.59. The van der Waals surface area contributed by atoms with Crippen molar-refractivity contribution in [3.63, 3.8) is 0 Å². The van der Waals surface area contributed by atoms with Crippen LogP contribution in [0.5, 0.6) is 0 Å². The maximum atomic E-state index is 13.3. The van der Waals surface area contributed by atoms with Crippen LogP contribution < -0.4 is 5.32 Å². The number of likely N-dealkylation sites (N-methyl/N-ethyl adjacent to an activating group) is 1. The lowest BCUT2D eigenvalue weighted by molar-refractivity contribution is -0.127. The molecule has 0 saturated heterocycles. The topological polar surface area (TPSA) is 69.6 Å². The largest absolute Gasteiger partial charge is 0.395 e. The van der Waals surface area contributed by atoms with E-state index >= 15 is 0 Å². The minimum atomic E-state index is -0.571. The molecule has 6 heteroatoms. The Morgan fingerprint density at radius 2 is 2.10 bits per heavy atom. The Labute approximate surface area is 122 Å². The molecule has 0 aliphatic heterocycles. The third kappa shape index (κ3) is 5.24. The Hall–Kier alpha value is -2.39. The van der Waals surface area contributed by atoms with Crippen LogP contribution >= 0.6 is 0 Å². The number of amides is 2. The second-order valence-corrected chi connectivity index (χ2v) is 4.44. The highest BCUT2D eigenvalue weighted by Crippen LogP contribution is 2.10. The van der Waals surface area contributed by atoms with Crippen LogP contribution in [0.1, 0.15) is 22.3 Å². The van der Waals surface area contributed by atoms with Gasteiger partial charge in [0.2, 0.25) is 5.91 Å². The minimum Gasteiger partial charge on any atom is -0.395 e. The van der Waals surface area contributed by atoms with E-state index in [0.717, 1.165) is 6.07 Å². The number of nitrogens with zero attached hydrogens (tertiary/aromatic N) is 1. The van der Waals surface area contributed by atoms with Gasteiger partial charge in [-0.05, 0) is 18.2 Å². The minimum absolute atomic E-state index is 0.0620. The molecule has 2 N–H and O–H groups in total. The molecule has 0 heterocycles. The molecule has 1 aromatic rings. The standard InChI is InChI=1S/C15H17FN2O3/c1-18(2)14(20)10-17-15(21)13-9-12(16)7-6-11(13)5-3-4-8-19/h6-7,9,19H,4,8,10H2,1-2H3,(H,17,21). The van der Waals surface area contributed by atoms with Crippen molar-refractivity contribution in [1.82, 2.24) is 10.2 Å². The van der Waals surface area contributed by atoms with E-state index in [9.17, 15) is 14.0 Å².